The number of hydrazine groups is 1. The maximum absolute atomic E-state index is 11.2. The van der Waals surface area contributed by atoms with E-state index in [0.29, 0.717) is 11.7 Å². The van der Waals surface area contributed by atoms with Gasteiger partial charge in [-0.15, -0.1) is 11.3 Å². The second-order valence-corrected chi connectivity index (χ2v) is 5.48. The van der Waals surface area contributed by atoms with Crippen LogP contribution in [-0.2, 0) is 22.6 Å². The molecule has 0 fully saturated rings. The monoisotopic (exact) mass is 319 g/mol. The molecule has 0 aliphatic carbocycles. The zero-order valence-corrected chi connectivity index (χ0v) is 12.9. The zero-order valence-electron chi connectivity index (χ0n) is 12.1. The van der Waals surface area contributed by atoms with Crippen LogP contribution >= 0.6 is 11.3 Å². The Morgan fingerprint density at radius 2 is 2.00 bits per heavy atom. The third-order valence-electron chi connectivity index (χ3n) is 2.79. The van der Waals surface area contributed by atoms with Crippen LogP contribution in [0.4, 0.5) is 10.8 Å². The number of hydrogen-bond acceptors (Lipinski definition) is 6. The van der Waals surface area contributed by atoms with Crippen molar-refractivity contribution in [1.82, 2.24) is 10.4 Å². The SMILES string of the molecule is CC(=O)Nc1nc(CNc2ccc(CC(=O)NN)cc2)cs1. The normalized spacial score (nSPS) is 10.1. The molecule has 0 spiro atoms. The van der Waals surface area contributed by atoms with E-state index in [-0.39, 0.29) is 18.2 Å². The minimum absolute atomic E-state index is 0.133. The second kappa shape index (κ2) is 7.53. The van der Waals surface area contributed by atoms with Crippen molar-refractivity contribution in [2.24, 2.45) is 5.84 Å². The Hall–Kier alpha value is -2.45. The summed E-state index contributed by atoms with van der Waals surface area (Å²) in [5.74, 6) is 4.69. The summed E-state index contributed by atoms with van der Waals surface area (Å²) < 4.78 is 0. The first-order valence-electron chi connectivity index (χ1n) is 6.61. The Morgan fingerprint density at radius 1 is 1.27 bits per heavy atom. The molecular formula is C14H17N5O2S. The molecule has 22 heavy (non-hydrogen) atoms. The van der Waals surface area contributed by atoms with Crippen LogP contribution in [0.3, 0.4) is 0 Å². The standard InChI is InChI=1S/C14H17N5O2S/c1-9(20)17-14-18-12(8-22-14)7-16-11-4-2-10(3-5-11)6-13(21)19-15/h2-5,8,16H,6-7,15H2,1H3,(H,19,21)(H,17,18,20). The minimum atomic E-state index is -0.228. The van der Waals surface area contributed by atoms with Gasteiger partial charge in [0, 0.05) is 18.0 Å². The second-order valence-electron chi connectivity index (χ2n) is 4.62. The molecule has 2 rings (SSSR count). The molecule has 0 saturated heterocycles. The molecule has 0 atom stereocenters. The van der Waals surface area contributed by atoms with E-state index >= 15 is 0 Å². The number of amides is 2. The first-order valence-corrected chi connectivity index (χ1v) is 7.49. The van der Waals surface area contributed by atoms with E-state index < -0.39 is 0 Å². The first kappa shape index (κ1) is 15.9. The Bertz CT molecular complexity index is 654. The van der Waals surface area contributed by atoms with Crippen LogP contribution < -0.4 is 21.9 Å². The number of carbonyl (C=O) groups excluding carboxylic acids is 2. The van der Waals surface area contributed by atoms with Crippen molar-refractivity contribution in [3.63, 3.8) is 0 Å². The van der Waals surface area contributed by atoms with E-state index in [9.17, 15) is 9.59 Å². The molecule has 0 bridgehead atoms. The number of aromatic nitrogens is 1. The predicted octanol–water partition coefficient (Wildman–Crippen LogP) is 1.25. The van der Waals surface area contributed by atoms with Crippen LogP contribution in [0.25, 0.3) is 0 Å². The maximum Gasteiger partial charge on any atom is 0.238 e. The fraction of sp³-hybridized carbons (Fsp3) is 0.214. The Balaban J connectivity index is 1.87. The fourth-order valence-electron chi connectivity index (χ4n) is 1.77. The first-order chi connectivity index (χ1) is 10.6. The molecule has 0 aliphatic rings. The van der Waals surface area contributed by atoms with Gasteiger partial charge in [-0.25, -0.2) is 10.8 Å². The third kappa shape index (κ3) is 4.83. The highest BCUT2D eigenvalue weighted by atomic mass is 32.1. The zero-order chi connectivity index (χ0) is 15.9. The molecule has 1 heterocycles. The summed E-state index contributed by atoms with van der Waals surface area (Å²) in [4.78, 5) is 26.4. The van der Waals surface area contributed by atoms with Crippen molar-refractivity contribution >= 4 is 34.0 Å². The average Bonchev–Trinajstić information content (AvgIpc) is 2.93. The predicted molar refractivity (Wildman–Crippen MR) is 86.2 cm³/mol. The number of carbonyl (C=O) groups is 2. The van der Waals surface area contributed by atoms with Gasteiger partial charge in [-0.3, -0.25) is 15.0 Å². The molecule has 0 radical (unpaired) electrons. The van der Waals surface area contributed by atoms with Gasteiger partial charge in [-0.05, 0) is 17.7 Å². The van der Waals surface area contributed by atoms with Gasteiger partial charge in [0.05, 0.1) is 18.7 Å². The molecule has 7 nitrogen and oxygen atoms in total. The lowest BCUT2D eigenvalue weighted by Gasteiger charge is -2.06. The van der Waals surface area contributed by atoms with Gasteiger partial charge in [0.25, 0.3) is 0 Å². The molecule has 116 valence electrons. The molecular weight excluding hydrogens is 302 g/mol. The lowest BCUT2D eigenvalue weighted by molar-refractivity contribution is -0.120. The van der Waals surface area contributed by atoms with Crippen LogP contribution in [0, 0.1) is 0 Å². The number of benzene rings is 1. The van der Waals surface area contributed by atoms with Gasteiger partial charge < -0.3 is 10.6 Å². The molecule has 0 unspecified atom stereocenters. The number of nitrogens with two attached hydrogens (primary N) is 1. The molecule has 2 aromatic rings. The highest BCUT2D eigenvalue weighted by molar-refractivity contribution is 7.13. The number of anilines is 2. The summed E-state index contributed by atoms with van der Waals surface area (Å²) in [7, 11) is 0. The molecule has 8 heteroatoms. The molecule has 2 amide bonds. The highest BCUT2D eigenvalue weighted by Crippen LogP contribution is 2.17. The van der Waals surface area contributed by atoms with E-state index in [1.165, 1.54) is 18.3 Å². The Kier molecular flexibility index (Phi) is 5.45. The van der Waals surface area contributed by atoms with Gasteiger partial charge in [0.2, 0.25) is 11.8 Å². The van der Waals surface area contributed by atoms with Crippen molar-refractivity contribution in [2.75, 3.05) is 10.6 Å². The molecule has 1 aromatic heterocycles. The summed E-state index contributed by atoms with van der Waals surface area (Å²) in [6.45, 7) is 2.00. The van der Waals surface area contributed by atoms with Crippen molar-refractivity contribution < 1.29 is 9.59 Å². The van der Waals surface area contributed by atoms with Crippen LogP contribution in [0.2, 0.25) is 0 Å². The topological polar surface area (TPSA) is 109 Å². The van der Waals surface area contributed by atoms with Crippen LogP contribution in [-0.4, -0.2) is 16.8 Å². The average molecular weight is 319 g/mol. The molecule has 1 aromatic carbocycles. The highest BCUT2D eigenvalue weighted by Gasteiger charge is 2.04. The minimum Gasteiger partial charge on any atom is -0.379 e. The third-order valence-corrected chi connectivity index (χ3v) is 3.59. The van der Waals surface area contributed by atoms with Crippen molar-refractivity contribution in [2.45, 2.75) is 19.9 Å². The van der Waals surface area contributed by atoms with Crippen molar-refractivity contribution in [3.05, 3.63) is 40.9 Å². The van der Waals surface area contributed by atoms with E-state index in [1.807, 2.05) is 29.6 Å². The quantitative estimate of drug-likeness (QED) is 0.364. The summed E-state index contributed by atoms with van der Waals surface area (Å²) in [5.41, 5.74) is 4.75. The number of rotatable bonds is 6. The summed E-state index contributed by atoms with van der Waals surface area (Å²) in [6, 6.07) is 7.50. The lowest BCUT2D eigenvalue weighted by Crippen LogP contribution is -2.31. The number of thiazole rings is 1. The van der Waals surface area contributed by atoms with E-state index in [0.717, 1.165) is 16.9 Å². The van der Waals surface area contributed by atoms with Crippen molar-refractivity contribution in [1.29, 1.82) is 0 Å². The largest absolute Gasteiger partial charge is 0.379 e. The van der Waals surface area contributed by atoms with Crippen LogP contribution in [0.15, 0.2) is 29.6 Å². The van der Waals surface area contributed by atoms with Crippen LogP contribution in [0.1, 0.15) is 18.2 Å². The number of nitrogens with zero attached hydrogens (tertiary/aromatic N) is 1. The van der Waals surface area contributed by atoms with Crippen molar-refractivity contribution in [3.8, 4) is 0 Å². The van der Waals surface area contributed by atoms with Crippen LogP contribution in [0.5, 0.6) is 0 Å². The van der Waals surface area contributed by atoms with Gasteiger partial charge in [0.1, 0.15) is 0 Å². The molecule has 5 N–H and O–H groups in total. The Labute approximate surface area is 131 Å². The molecule has 0 aliphatic heterocycles. The fourth-order valence-corrected chi connectivity index (χ4v) is 2.52. The molecule has 0 saturated carbocycles. The van der Waals surface area contributed by atoms with E-state index in [2.05, 4.69) is 21.0 Å². The van der Waals surface area contributed by atoms with E-state index in [4.69, 9.17) is 5.84 Å². The smallest absolute Gasteiger partial charge is 0.238 e. The number of nitrogens with one attached hydrogen (secondary N) is 3. The summed E-state index contributed by atoms with van der Waals surface area (Å²) >= 11 is 1.39. The number of hydrogen-bond donors (Lipinski definition) is 4. The van der Waals surface area contributed by atoms with Gasteiger partial charge >= 0.3 is 0 Å². The Morgan fingerprint density at radius 3 is 2.64 bits per heavy atom. The lowest BCUT2D eigenvalue weighted by atomic mass is 10.1. The van der Waals surface area contributed by atoms with Gasteiger partial charge in [0.15, 0.2) is 5.13 Å². The van der Waals surface area contributed by atoms with E-state index in [1.54, 1.807) is 0 Å². The maximum atomic E-state index is 11.2. The van der Waals surface area contributed by atoms with Gasteiger partial charge in [-0.2, -0.15) is 0 Å². The summed E-state index contributed by atoms with van der Waals surface area (Å²) in [5, 5.41) is 8.35. The van der Waals surface area contributed by atoms with Gasteiger partial charge in [-0.1, -0.05) is 12.1 Å². The summed E-state index contributed by atoms with van der Waals surface area (Å²) in [6.07, 6.45) is 0.253.